The molecule has 0 aromatic carbocycles. The highest BCUT2D eigenvalue weighted by Crippen LogP contribution is 2.21. The van der Waals surface area contributed by atoms with Crippen molar-refractivity contribution in [1.82, 2.24) is 9.80 Å². The lowest BCUT2D eigenvalue weighted by atomic mass is 10.0. The average molecular weight is 254 g/mol. The summed E-state index contributed by atoms with van der Waals surface area (Å²) in [6.45, 7) is 2.81. The number of aliphatic carboxylic acids is 1. The molecule has 0 aromatic rings. The van der Waals surface area contributed by atoms with Gasteiger partial charge in [0.25, 0.3) is 0 Å². The summed E-state index contributed by atoms with van der Waals surface area (Å²) in [6, 6.07) is -0.697. The Morgan fingerprint density at radius 2 is 2.17 bits per heavy atom. The molecule has 1 heterocycles. The molecule has 1 N–H and O–H groups in total. The van der Waals surface area contributed by atoms with Gasteiger partial charge in [0.15, 0.2) is 0 Å². The Morgan fingerprint density at radius 1 is 1.50 bits per heavy atom. The molecule has 1 aliphatic rings. The Bertz CT molecular complexity index is 364. The van der Waals surface area contributed by atoms with Crippen LogP contribution in [0.3, 0.4) is 0 Å². The van der Waals surface area contributed by atoms with Crippen molar-refractivity contribution < 1.29 is 19.4 Å². The lowest BCUT2D eigenvalue weighted by Crippen LogP contribution is -2.51. The number of carboxylic acids is 1. The zero-order valence-electron chi connectivity index (χ0n) is 10.6. The van der Waals surface area contributed by atoms with Crippen LogP contribution in [0.25, 0.3) is 0 Å². The summed E-state index contributed by atoms with van der Waals surface area (Å²) in [5, 5.41) is 9.09. The zero-order valence-corrected chi connectivity index (χ0v) is 10.6. The van der Waals surface area contributed by atoms with Gasteiger partial charge in [0.05, 0.1) is 25.8 Å². The Labute approximate surface area is 106 Å². The molecule has 0 aromatic heterocycles. The zero-order chi connectivity index (χ0) is 13.7. The van der Waals surface area contributed by atoms with E-state index in [0.717, 1.165) is 0 Å². The van der Waals surface area contributed by atoms with Crippen LogP contribution in [0.4, 0.5) is 4.79 Å². The fourth-order valence-corrected chi connectivity index (χ4v) is 2.02. The highest BCUT2D eigenvalue weighted by atomic mass is 16.5. The van der Waals surface area contributed by atoms with Gasteiger partial charge in [-0.2, -0.15) is 0 Å². The van der Waals surface area contributed by atoms with Gasteiger partial charge in [-0.3, -0.25) is 4.79 Å². The molecule has 6 nitrogen and oxygen atoms in total. The first-order chi connectivity index (χ1) is 8.52. The molecule has 6 heteroatoms. The van der Waals surface area contributed by atoms with Crippen LogP contribution in [-0.2, 0) is 9.53 Å². The Balaban J connectivity index is 2.80. The van der Waals surface area contributed by atoms with Crippen molar-refractivity contribution in [2.24, 2.45) is 5.92 Å². The van der Waals surface area contributed by atoms with E-state index < -0.39 is 17.9 Å². The fourth-order valence-electron chi connectivity index (χ4n) is 2.02. The van der Waals surface area contributed by atoms with Crippen LogP contribution in [0.15, 0.2) is 0 Å². The minimum atomic E-state index is -0.941. The van der Waals surface area contributed by atoms with Crippen molar-refractivity contribution in [3.63, 3.8) is 0 Å². The van der Waals surface area contributed by atoms with Gasteiger partial charge in [-0.25, -0.2) is 4.79 Å². The molecular weight excluding hydrogens is 236 g/mol. The van der Waals surface area contributed by atoms with Crippen molar-refractivity contribution in [2.75, 3.05) is 33.4 Å². The molecule has 2 atom stereocenters. The molecule has 0 saturated carbocycles. The summed E-state index contributed by atoms with van der Waals surface area (Å²) in [7, 11) is 1.59. The van der Waals surface area contributed by atoms with Crippen molar-refractivity contribution in [3.8, 4) is 12.3 Å². The summed E-state index contributed by atoms with van der Waals surface area (Å²) in [6.07, 6.45) is 5.16. The number of rotatable bonds is 4. The highest BCUT2D eigenvalue weighted by Gasteiger charge is 2.40. The predicted molar refractivity (Wildman–Crippen MR) is 65.0 cm³/mol. The smallest absolute Gasteiger partial charge is 0.320 e. The number of likely N-dealkylation sites (N-methyl/N-ethyl adjacent to an activating group) is 1. The molecule has 0 aliphatic carbocycles. The molecule has 2 unspecified atom stereocenters. The predicted octanol–water partition coefficient (Wildman–Crippen LogP) is 0.0929. The van der Waals surface area contributed by atoms with Gasteiger partial charge in [-0.1, -0.05) is 5.92 Å². The van der Waals surface area contributed by atoms with E-state index in [1.54, 1.807) is 14.0 Å². The molecule has 2 amide bonds. The number of amides is 2. The van der Waals surface area contributed by atoms with Gasteiger partial charge in [0.2, 0.25) is 0 Å². The SMILES string of the molecule is C#CCN(C)C(=O)N(CC)C1COCC1C(=O)O. The van der Waals surface area contributed by atoms with E-state index in [2.05, 4.69) is 5.92 Å². The van der Waals surface area contributed by atoms with Crippen molar-refractivity contribution >= 4 is 12.0 Å². The number of carboxylic acid groups (broad SMARTS) is 1. The van der Waals surface area contributed by atoms with Crippen LogP contribution in [0.1, 0.15) is 6.92 Å². The number of ether oxygens (including phenoxy) is 1. The van der Waals surface area contributed by atoms with E-state index in [-0.39, 0.29) is 25.8 Å². The normalized spacial score (nSPS) is 22.3. The maximum atomic E-state index is 12.1. The van der Waals surface area contributed by atoms with E-state index in [0.29, 0.717) is 6.54 Å². The largest absolute Gasteiger partial charge is 0.481 e. The average Bonchev–Trinajstić information content (AvgIpc) is 2.79. The summed E-state index contributed by atoms with van der Waals surface area (Å²) < 4.78 is 5.17. The molecule has 0 radical (unpaired) electrons. The third kappa shape index (κ3) is 2.93. The number of hydrogen-bond acceptors (Lipinski definition) is 3. The highest BCUT2D eigenvalue weighted by molar-refractivity contribution is 5.77. The molecule has 1 aliphatic heterocycles. The van der Waals surface area contributed by atoms with E-state index in [4.69, 9.17) is 16.3 Å². The van der Waals surface area contributed by atoms with Crippen molar-refractivity contribution in [3.05, 3.63) is 0 Å². The fraction of sp³-hybridized carbons (Fsp3) is 0.667. The van der Waals surface area contributed by atoms with Crippen LogP contribution in [0.2, 0.25) is 0 Å². The van der Waals surface area contributed by atoms with E-state index in [1.807, 2.05) is 0 Å². The molecule has 18 heavy (non-hydrogen) atoms. The van der Waals surface area contributed by atoms with Gasteiger partial charge in [0, 0.05) is 13.6 Å². The standard InChI is InChI=1S/C12H18N2O4/c1-4-6-13(3)12(17)14(5-2)10-8-18-7-9(10)11(15)16/h1,9-10H,5-8H2,2-3H3,(H,15,16). The maximum absolute atomic E-state index is 12.1. The Hall–Kier alpha value is -1.74. The van der Waals surface area contributed by atoms with E-state index in [9.17, 15) is 9.59 Å². The number of carbonyl (C=O) groups excluding carboxylic acids is 1. The lowest BCUT2D eigenvalue weighted by molar-refractivity contribution is -0.142. The second-order valence-electron chi connectivity index (χ2n) is 4.18. The summed E-state index contributed by atoms with van der Waals surface area (Å²) in [5.74, 6) is 0.768. The number of hydrogen-bond donors (Lipinski definition) is 1. The van der Waals surface area contributed by atoms with Gasteiger partial charge in [-0.15, -0.1) is 6.42 Å². The molecule has 0 spiro atoms. The number of urea groups is 1. The molecule has 1 fully saturated rings. The lowest BCUT2D eigenvalue weighted by Gasteiger charge is -2.32. The molecule has 1 saturated heterocycles. The maximum Gasteiger partial charge on any atom is 0.320 e. The van der Waals surface area contributed by atoms with Gasteiger partial charge in [0.1, 0.15) is 5.92 Å². The first-order valence-electron chi connectivity index (χ1n) is 5.78. The van der Waals surface area contributed by atoms with Crippen molar-refractivity contribution in [2.45, 2.75) is 13.0 Å². The number of terminal acetylenes is 1. The second kappa shape index (κ2) is 6.26. The molecule has 0 bridgehead atoms. The minimum absolute atomic E-state index is 0.142. The summed E-state index contributed by atoms with van der Waals surface area (Å²) >= 11 is 0. The topological polar surface area (TPSA) is 70.1 Å². The molecule has 1 rings (SSSR count). The molecular formula is C12H18N2O4. The van der Waals surface area contributed by atoms with Crippen molar-refractivity contribution in [1.29, 1.82) is 0 Å². The van der Waals surface area contributed by atoms with Crippen LogP contribution in [0.5, 0.6) is 0 Å². The van der Waals surface area contributed by atoms with E-state index in [1.165, 1.54) is 9.80 Å². The van der Waals surface area contributed by atoms with E-state index >= 15 is 0 Å². The van der Waals surface area contributed by atoms with Crippen LogP contribution in [-0.4, -0.2) is 66.3 Å². The van der Waals surface area contributed by atoms with Gasteiger partial charge < -0.3 is 19.6 Å². The summed E-state index contributed by atoms with van der Waals surface area (Å²) in [4.78, 5) is 26.1. The third-order valence-corrected chi connectivity index (χ3v) is 3.01. The Morgan fingerprint density at radius 3 is 2.67 bits per heavy atom. The third-order valence-electron chi connectivity index (χ3n) is 3.01. The van der Waals surface area contributed by atoms with Crippen LogP contribution in [0, 0.1) is 18.3 Å². The second-order valence-corrected chi connectivity index (χ2v) is 4.18. The van der Waals surface area contributed by atoms with Crippen LogP contribution < -0.4 is 0 Å². The van der Waals surface area contributed by atoms with Gasteiger partial charge in [-0.05, 0) is 6.92 Å². The summed E-state index contributed by atoms with van der Waals surface area (Å²) in [5.41, 5.74) is 0. The van der Waals surface area contributed by atoms with Crippen LogP contribution >= 0.6 is 0 Å². The first kappa shape index (κ1) is 14.3. The Kier molecular flexibility index (Phi) is 4.98. The molecule has 100 valence electrons. The first-order valence-corrected chi connectivity index (χ1v) is 5.78. The number of carbonyl (C=O) groups is 2. The number of nitrogens with zero attached hydrogens (tertiary/aromatic N) is 2. The monoisotopic (exact) mass is 254 g/mol. The van der Waals surface area contributed by atoms with Gasteiger partial charge >= 0.3 is 12.0 Å². The quantitative estimate of drug-likeness (QED) is 0.722. The minimum Gasteiger partial charge on any atom is -0.481 e.